The van der Waals surface area contributed by atoms with Crippen molar-refractivity contribution in [3.05, 3.63) is 89.8 Å². The molecule has 6 N–H and O–H groups in total. The lowest BCUT2D eigenvalue weighted by molar-refractivity contribution is -0.0388. The number of nitrogens with zero attached hydrogens (tertiary/aromatic N) is 6. The molecule has 13 heteroatoms. The third-order valence-electron chi connectivity index (χ3n) is 7.28. The number of aryl methyl sites for hydroxylation is 1. The van der Waals surface area contributed by atoms with Crippen LogP contribution in [0, 0.1) is 0 Å². The van der Waals surface area contributed by atoms with Gasteiger partial charge in [-0.05, 0) is 11.1 Å². The number of hydrogen-bond donors (Lipinski definition) is 5. The molecule has 0 radical (unpaired) electrons. The van der Waals surface area contributed by atoms with Crippen molar-refractivity contribution in [1.82, 2.24) is 29.7 Å². The molecule has 0 unspecified atom stereocenters. The lowest BCUT2D eigenvalue weighted by Crippen LogP contribution is -2.29. The molecule has 0 bridgehead atoms. The second-order valence-corrected chi connectivity index (χ2v) is 10.0. The van der Waals surface area contributed by atoms with E-state index >= 15 is 0 Å². The first-order valence-corrected chi connectivity index (χ1v) is 13.9. The molecule has 5 aromatic rings. The minimum atomic E-state index is -1.30. The van der Waals surface area contributed by atoms with Gasteiger partial charge < -0.3 is 35.8 Å². The third kappa shape index (κ3) is 5.42. The summed E-state index contributed by atoms with van der Waals surface area (Å²) in [5.74, 6) is 1.46. The molecular formula is C29H33N9O4. The summed E-state index contributed by atoms with van der Waals surface area (Å²) in [7, 11) is 0. The van der Waals surface area contributed by atoms with Gasteiger partial charge in [-0.15, -0.1) is 0 Å². The topological polar surface area (TPSA) is 182 Å². The minimum Gasteiger partial charge on any atom is -0.387 e. The molecule has 1 aliphatic rings. The molecule has 2 aromatic carbocycles. The highest BCUT2D eigenvalue weighted by atomic mass is 16.6. The van der Waals surface area contributed by atoms with Crippen molar-refractivity contribution in [2.45, 2.75) is 43.8 Å². The van der Waals surface area contributed by atoms with Crippen LogP contribution >= 0.6 is 0 Å². The van der Waals surface area contributed by atoms with Gasteiger partial charge in [-0.1, -0.05) is 72.7 Å². The van der Waals surface area contributed by atoms with Gasteiger partial charge in [0.15, 0.2) is 29.3 Å². The molecule has 0 saturated carbocycles. The molecule has 13 nitrogen and oxygen atoms in total. The first kappa shape index (κ1) is 27.7. The number of ether oxygens (including phenoxy) is 1. The highest BCUT2D eigenvalue weighted by Crippen LogP contribution is 2.39. The average Bonchev–Trinajstić information content (AvgIpc) is 3.75. The SMILES string of the molecule is CCc1nc([C@H]2O[C@@H](n3cnc4c(NCC(c5ccccc5)c5ccccc5)nc(NCCN)nc43)[C@H](O)[C@@H]2O)no1. The number of imidazole rings is 1. The summed E-state index contributed by atoms with van der Waals surface area (Å²) in [5, 5.41) is 32.4. The van der Waals surface area contributed by atoms with Crippen LogP contribution in [0.3, 0.4) is 0 Å². The standard InChI is InChI=1S/C29H33N9O4/c1-2-20-34-26(37-42-20)24-22(39)23(40)28(41-24)38-16-33-21-25(35-29(31-14-13-30)36-27(21)38)32-15-19(17-9-5-3-6-10-17)18-11-7-4-8-12-18/h3-12,16,19,22-24,28,39-40H,2,13-15,30H2,1H3,(H2,31,32,35,36)/t22-,23+,24-,28+/m0/s1. The van der Waals surface area contributed by atoms with E-state index in [4.69, 9.17) is 20.0 Å². The van der Waals surface area contributed by atoms with Gasteiger partial charge in [-0.25, -0.2) is 4.98 Å². The van der Waals surface area contributed by atoms with Crippen LogP contribution in [-0.4, -0.2) is 71.7 Å². The van der Waals surface area contributed by atoms with Gasteiger partial charge in [0, 0.05) is 32.0 Å². The number of nitrogens with one attached hydrogen (secondary N) is 2. The van der Waals surface area contributed by atoms with Crippen LogP contribution in [0.4, 0.5) is 11.8 Å². The molecule has 42 heavy (non-hydrogen) atoms. The van der Waals surface area contributed by atoms with E-state index in [1.165, 1.54) is 6.33 Å². The zero-order valence-electron chi connectivity index (χ0n) is 23.0. The van der Waals surface area contributed by atoms with E-state index < -0.39 is 24.5 Å². The summed E-state index contributed by atoms with van der Waals surface area (Å²) < 4.78 is 12.8. The van der Waals surface area contributed by atoms with E-state index in [1.54, 1.807) is 4.57 Å². The number of benzene rings is 2. The zero-order valence-corrected chi connectivity index (χ0v) is 23.0. The lowest BCUT2D eigenvalue weighted by atomic mass is 9.91. The van der Waals surface area contributed by atoms with Crippen molar-refractivity contribution in [3.63, 3.8) is 0 Å². The van der Waals surface area contributed by atoms with Gasteiger partial charge in [0.05, 0.1) is 6.33 Å². The van der Waals surface area contributed by atoms with Gasteiger partial charge >= 0.3 is 0 Å². The fourth-order valence-corrected chi connectivity index (χ4v) is 5.12. The first-order valence-electron chi connectivity index (χ1n) is 13.9. The molecule has 3 aromatic heterocycles. The molecule has 0 aliphatic carbocycles. The second kappa shape index (κ2) is 12.2. The highest BCUT2D eigenvalue weighted by molar-refractivity contribution is 5.84. The molecule has 1 aliphatic heterocycles. The lowest BCUT2D eigenvalue weighted by Gasteiger charge is -2.20. The number of anilines is 2. The third-order valence-corrected chi connectivity index (χ3v) is 7.28. The normalized spacial score (nSPS) is 20.4. The average molecular weight is 572 g/mol. The maximum atomic E-state index is 11.0. The Hall–Kier alpha value is -4.43. The number of aliphatic hydroxyl groups is 2. The summed E-state index contributed by atoms with van der Waals surface area (Å²) in [4.78, 5) is 18.2. The molecule has 0 amide bonds. The van der Waals surface area contributed by atoms with Crippen LogP contribution in [0.2, 0.25) is 0 Å². The fraction of sp³-hybridized carbons (Fsp3) is 0.345. The maximum Gasteiger partial charge on any atom is 0.226 e. The van der Waals surface area contributed by atoms with Crippen molar-refractivity contribution in [1.29, 1.82) is 0 Å². The molecule has 4 heterocycles. The van der Waals surface area contributed by atoms with Crippen molar-refractivity contribution < 1.29 is 19.5 Å². The van der Waals surface area contributed by atoms with Crippen LogP contribution in [0.25, 0.3) is 11.2 Å². The summed E-state index contributed by atoms with van der Waals surface area (Å²) in [6, 6.07) is 20.5. The number of aromatic nitrogens is 6. The summed E-state index contributed by atoms with van der Waals surface area (Å²) in [6.07, 6.45) is -2.54. The predicted molar refractivity (Wildman–Crippen MR) is 155 cm³/mol. The fourth-order valence-electron chi connectivity index (χ4n) is 5.12. The molecule has 218 valence electrons. The Bertz CT molecular complexity index is 1570. The maximum absolute atomic E-state index is 11.0. The minimum absolute atomic E-state index is 0.0406. The number of hydrogen-bond acceptors (Lipinski definition) is 12. The van der Waals surface area contributed by atoms with Crippen LogP contribution in [0.5, 0.6) is 0 Å². The Morgan fingerprint density at radius 2 is 1.67 bits per heavy atom. The molecule has 6 rings (SSSR count). The van der Waals surface area contributed by atoms with Crippen molar-refractivity contribution >= 4 is 22.9 Å². The number of fused-ring (bicyclic) bond motifs is 1. The highest BCUT2D eigenvalue weighted by Gasteiger charge is 2.47. The van der Waals surface area contributed by atoms with Crippen LogP contribution < -0.4 is 16.4 Å². The first-order chi connectivity index (χ1) is 20.6. The Kier molecular flexibility index (Phi) is 8.06. The van der Waals surface area contributed by atoms with Crippen molar-refractivity contribution in [3.8, 4) is 0 Å². The zero-order chi connectivity index (χ0) is 29.1. The Labute approximate surface area is 241 Å². The molecule has 4 atom stereocenters. The second-order valence-electron chi connectivity index (χ2n) is 10.0. The van der Waals surface area contributed by atoms with Crippen molar-refractivity contribution in [2.24, 2.45) is 5.73 Å². The van der Waals surface area contributed by atoms with E-state index in [9.17, 15) is 10.2 Å². The smallest absolute Gasteiger partial charge is 0.226 e. The van der Waals surface area contributed by atoms with Gasteiger partial charge in [0.1, 0.15) is 12.2 Å². The molecule has 0 spiro atoms. The van der Waals surface area contributed by atoms with Crippen LogP contribution in [0.15, 0.2) is 71.5 Å². The van der Waals surface area contributed by atoms with Gasteiger partial charge in [-0.2, -0.15) is 15.0 Å². The largest absolute Gasteiger partial charge is 0.387 e. The Morgan fingerprint density at radius 3 is 2.31 bits per heavy atom. The quantitative estimate of drug-likeness (QED) is 0.156. The van der Waals surface area contributed by atoms with Gasteiger partial charge in [0.2, 0.25) is 17.7 Å². The molecular weight excluding hydrogens is 538 g/mol. The van der Waals surface area contributed by atoms with E-state index in [-0.39, 0.29) is 11.7 Å². The monoisotopic (exact) mass is 571 g/mol. The number of rotatable bonds is 11. The summed E-state index contributed by atoms with van der Waals surface area (Å²) in [6.45, 7) is 3.25. The van der Waals surface area contributed by atoms with Crippen LogP contribution in [-0.2, 0) is 11.2 Å². The summed E-state index contributed by atoms with van der Waals surface area (Å²) >= 11 is 0. The van der Waals surface area contributed by atoms with Gasteiger partial charge in [-0.3, -0.25) is 4.57 Å². The summed E-state index contributed by atoms with van der Waals surface area (Å²) in [5.41, 5.74) is 8.93. The molecule has 1 saturated heterocycles. The van der Waals surface area contributed by atoms with E-state index in [0.29, 0.717) is 54.9 Å². The Morgan fingerprint density at radius 1 is 0.952 bits per heavy atom. The molecule has 1 fully saturated rings. The van der Waals surface area contributed by atoms with E-state index in [0.717, 1.165) is 11.1 Å². The van der Waals surface area contributed by atoms with Crippen LogP contribution in [0.1, 0.15) is 48.0 Å². The van der Waals surface area contributed by atoms with E-state index in [1.807, 2.05) is 43.3 Å². The predicted octanol–water partition coefficient (Wildman–Crippen LogP) is 2.38. The Balaban J connectivity index is 1.33. The number of nitrogens with two attached hydrogens (primary N) is 1. The van der Waals surface area contributed by atoms with Gasteiger partial charge in [0.25, 0.3) is 0 Å². The number of aliphatic hydroxyl groups excluding tert-OH is 2. The van der Waals surface area contributed by atoms with E-state index in [2.05, 4.69) is 55.0 Å². The van der Waals surface area contributed by atoms with Crippen molar-refractivity contribution in [2.75, 3.05) is 30.3 Å².